The van der Waals surface area contributed by atoms with Crippen LogP contribution in [0.3, 0.4) is 0 Å². The van der Waals surface area contributed by atoms with E-state index in [-0.39, 0.29) is 0 Å². The van der Waals surface area contributed by atoms with Crippen molar-refractivity contribution in [2.45, 2.75) is 95.3 Å². The molecular formula is C33H43N4P. The van der Waals surface area contributed by atoms with Gasteiger partial charge in [-0.3, -0.25) is 5.10 Å². The first-order valence-electron chi connectivity index (χ1n) is 14.8. The SMILES string of the molecule is CCC/C(=C/N)C(=Nc1c(-c2ccccc2)n[nH]c1-c1ccccc1)P(C1CCCCC1)C1CCCCC1. The Morgan fingerprint density at radius 3 is 1.95 bits per heavy atom. The molecule has 1 aromatic heterocycles. The van der Waals surface area contributed by atoms with E-state index in [2.05, 4.69) is 72.7 Å². The Kier molecular flexibility index (Phi) is 9.47. The molecule has 0 aliphatic heterocycles. The summed E-state index contributed by atoms with van der Waals surface area (Å²) in [5.74, 6) is 0. The van der Waals surface area contributed by atoms with Crippen molar-refractivity contribution in [3.8, 4) is 22.5 Å². The van der Waals surface area contributed by atoms with Crippen LogP contribution in [0.15, 0.2) is 77.4 Å². The van der Waals surface area contributed by atoms with Crippen LogP contribution in [0, 0.1) is 0 Å². The van der Waals surface area contributed by atoms with Crippen LogP contribution in [-0.4, -0.2) is 27.0 Å². The van der Waals surface area contributed by atoms with Crippen molar-refractivity contribution in [2.24, 2.45) is 10.7 Å². The van der Waals surface area contributed by atoms with Gasteiger partial charge < -0.3 is 5.73 Å². The highest BCUT2D eigenvalue weighted by Gasteiger charge is 2.36. The highest BCUT2D eigenvalue weighted by molar-refractivity contribution is 7.77. The summed E-state index contributed by atoms with van der Waals surface area (Å²) in [6, 6.07) is 21.0. The molecule has 0 saturated heterocycles. The number of nitrogens with two attached hydrogens (primary N) is 1. The van der Waals surface area contributed by atoms with Gasteiger partial charge in [-0.2, -0.15) is 5.10 Å². The first-order valence-corrected chi connectivity index (χ1v) is 16.3. The fraction of sp³-hybridized carbons (Fsp3) is 0.455. The lowest BCUT2D eigenvalue weighted by Crippen LogP contribution is -2.25. The van der Waals surface area contributed by atoms with E-state index >= 15 is 0 Å². The molecule has 2 aromatic carbocycles. The zero-order valence-electron chi connectivity index (χ0n) is 22.9. The van der Waals surface area contributed by atoms with Gasteiger partial charge in [-0.05, 0) is 63.1 Å². The largest absolute Gasteiger partial charge is 0.404 e. The number of rotatable bonds is 9. The van der Waals surface area contributed by atoms with E-state index in [0.717, 1.165) is 52.4 Å². The fourth-order valence-electron chi connectivity index (χ4n) is 6.35. The minimum absolute atomic E-state index is 0.424. The number of H-pyrrole nitrogens is 1. The summed E-state index contributed by atoms with van der Waals surface area (Å²) >= 11 is 0. The molecule has 2 fully saturated rings. The van der Waals surface area contributed by atoms with Crippen LogP contribution in [0.4, 0.5) is 5.69 Å². The quantitative estimate of drug-likeness (QED) is 0.215. The highest BCUT2D eigenvalue weighted by Crippen LogP contribution is 2.59. The summed E-state index contributed by atoms with van der Waals surface area (Å²) in [6.45, 7) is 2.26. The predicted molar refractivity (Wildman–Crippen MR) is 164 cm³/mol. The molecule has 4 nitrogen and oxygen atoms in total. The van der Waals surface area contributed by atoms with Gasteiger partial charge in [0.25, 0.3) is 0 Å². The zero-order chi connectivity index (χ0) is 26.2. The monoisotopic (exact) mass is 526 g/mol. The smallest absolute Gasteiger partial charge is 0.118 e. The van der Waals surface area contributed by atoms with Crippen LogP contribution in [0.2, 0.25) is 0 Å². The second-order valence-corrected chi connectivity index (χ2v) is 13.6. The summed E-state index contributed by atoms with van der Waals surface area (Å²) in [7, 11) is -0.424. The minimum atomic E-state index is -0.424. The van der Waals surface area contributed by atoms with Gasteiger partial charge >= 0.3 is 0 Å². The van der Waals surface area contributed by atoms with Gasteiger partial charge in [0.1, 0.15) is 11.4 Å². The molecule has 2 aliphatic carbocycles. The van der Waals surface area contributed by atoms with Gasteiger partial charge in [-0.15, -0.1) is 0 Å². The van der Waals surface area contributed by atoms with Crippen LogP contribution < -0.4 is 5.73 Å². The van der Waals surface area contributed by atoms with Gasteiger partial charge in [0.2, 0.25) is 0 Å². The Hall–Kier alpha value is -2.71. The lowest BCUT2D eigenvalue weighted by molar-refractivity contribution is 0.487. The van der Waals surface area contributed by atoms with Crippen LogP contribution in [0.5, 0.6) is 0 Å². The Balaban J connectivity index is 1.71. The van der Waals surface area contributed by atoms with Gasteiger partial charge in [0, 0.05) is 11.1 Å². The maximum Gasteiger partial charge on any atom is 0.118 e. The number of hydrogen-bond acceptors (Lipinski definition) is 3. The molecule has 2 aliphatic rings. The molecule has 3 aromatic rings. The Bertz CT molecular complexity index is 1130. The number of benzene rings is 2. The van der Waals surface area contributed by atoms with Crippen molar-refractivity contribution in [1.82, 2.24) is 10.2 Å². The van der Waals surface area contributed by atoms with Crippen molar-refractivity contribution in [3.05, 3.63) is 72.4 Å². The summed E-state index contributed by atoms with van der Waals surface area (Å²) in [6.07, 6.45) is 17.5. The van der Waals surface area contributed by atoms with E-state index in [9.17, 15) is 0 Å². The van der Waals surface area contributed by atoms with Crippen LogP contribution in [0.1, 0.15) is 84.0 Å². The number of nitrogens with zero attached hydrogens (tertiary/aromatic N) is 2. The Labute approximate surface area is 230 Å². The van der Waals surface area contributed by atoms with Gasteiger partial charge in [0.15, 0.2) is 0 Å². The van der Waals surface area contributed by atoms with Crippen molar-refractivity contribution < 1.29 is 0 Å². The van der Waals surface area contributed by atoms with E-state index in [1.807, 2.05) is 6.20 Å². The topological polar surface area (TPSA) is 67.1 Å². The number of aromatic nitrogens is 2. The molecule has 200 valence electrons. The normalized spacial score (nSPS) is 18.3. The molecule has 5 rings (SSSR count). The van der Waals surface area contributed by atoms with Crippen molar-refractivity contribution in [1.29, 1.82) is 0 Å². The molecular weight excluding hydrogens is 483 g/mol. The number of allylic oxidation sites excluding steroid dienone is 1. The molecule has 0 atom stereocenters. The number of aliphatic imine (C=N–C) groups is 1. The summed E-state index contributed by atoms with van der Waals surface area (Å²) < 4.78 is 0. The molecule has 0 radical (unpaired) electrons. The van der Waals surface area contributed by atoms with Crippen molar-refractivity contribution >= 4 is 19.1 Å². The number of aromatic amines is 1. The maximum atomic E-state index is 6.43. The summed E-state index contributed by atoms with van der Waals surface area (Å²) in [5, 5.41) is 8.24. The van der Waals surface area contributed by atoms with Gasteiger partial charge in [-0.25, -0.2) is 4.99 Å². The van der Waals surface area contributed by atoms with E-state index in [0.29, 0.717) is 0 Å². The van der Waals surface area contributed by atoms with Crippen LogP contribution >= 0.6 is 7.92 Å². The van der Waals surface area contributed by atoms with Gasteiger partial charge in [-0.1, -0.05) is 113 Å². The van der Waals surface area contributed by atoms with Crippen molar-refractivity contribution in [3.63, 3.8) is 0 Å². The first-order chi connectivity index (χ1) is 18.8. The fourth-order valence-corrected chi connectivity index (χ4v) is 10.2. The molecule has 0 spiro atoms. The van der Waals surface area contributed by atoms with Crippen molar-refractivity contribution in [2.75, 3.05) is 0 Å². The highest BCUT2D eigenvalue weighted by atomic mass is 31.1. The predicted octanol–water partition coefficient (Wildman–Crippen LogP) is 9.56. The first kappa shape index (κ1) is 26.9. The summed E-state index contributed by atoms with van der Waals surface area (Å²) in [5.41, 5.74) is 15.6. The molecule has 2 saturated carbocycles. The average Bonchev–Trinajstić information content (AvgIpc) is 3.41. The third-order valence-electron chi connectivity index (χ3n) is 8.26. The standard InChI is InChI=1S/C33H43N4P/c1-2-15-27(24-34)33(38(28-20-11-5-12-21-28)29-22-13-6-14-23-29)35-32-30(25-16-7-3-8-17-25)36-37-31(32)26-18-9-4-10-19-26/h3-4,7-10,16-19,24,28-29H,2,5-6,11-15,20-23,34H2,1H3,(H,36,37)/b27-24-,35-33?. The Morgan fingerprint density at radius 1 is 0.868 bits per heavy atom. The molecule has 38 heavy (non-hydrogen) atoms. The van der Waals surface area contributed by atoms with E-state index in [4.69, 9.17) is 15.8 Å². The lowest BCUT2D eigenvalue weighted by atomic mass is 9.99. The van der Waals surface area contributed by atoms with E-state index < -0.39 is 7.92 Å². The number of hydrogen-bond donors (Lipinski definition) is 2. The second-order valence-electron chi connectivity index (χ2n) is 10.9. The molecule has 1 heterocycles. The van der Waals surface area contributed by atoms with Gasteiger partial charge in [0.05, 0.1) is 11.1 Å². The minimum Gasteiger partial charge on any atom is -0.404 e. The maximum absolute atomic E-state index is 6.43. The van der Waals surface area contributed by atoms with E-state index in [1.54, 1.807) is 0 Å². The lowest BCUT2D eigenvalue weighted by Gasteiger charge is -2.39. The molecule has 3 N–H and O–H groups in total. The van der Waals surface area contributed by atoms with E-state index in [1.165, 1.54) is 75.2 Å². The Morgan fingerprint density at radius 2 is 1.42 bits per heavy atom. The van der Waals surface area contributed by atoms with Crippen LogP contribution in [0.25, 0.3) is 22.5 Å². The second kappa shape index (κ2) is 13.4. The third-order valence-corrected chi connectivity index (χ3v) is 11.7. The third kappa shape index (κ3) is 6.12. The summed E-state index contributed by atoms with van der Waals surface area (Å²) in [4.78, 5) is 5.72. The molecule has 0 amide bonds. The number of nitrogens with one attached hydrogen (secondary N) is 1. The average molecular weight is 527 g/mol. The molecule has 5 heteroatoms. The van der Waals surface area contributed by atoms with Crippen LogP contribution in [-0.2, 0) is 0 Å². The molecule has 0 unspecified atom stereocenters. The zero-order valence-corrected chi connectivity index (χ0v) is 23.8. The molecule has 0 bridgehead atoms.